The molecule has 1 amide bonds. The second-order valence-electron chi connectivity index (χ2n) is 17.3. The molecule has 2 saturated carbocycles. The highest BCUT2D eigenvalue weighted by molar-refractivity contribution is 5.83. The number of fused-ring (bicyclic) bond motifs is 5. The Hall–Kier alpha value is -3.75. The van der Waals surface area contributed by atoms with Gasteiger partial charge in [-0.25, -0.2) is 4.79 Å². The van der Waals surface area contributed by atoms with E-state index in [0.29, 0.717) is 18.3 Å². The van der Waals surface area contributed by atoms with Crippen molar-refractivity contribution in [2.24, 2.45) is 17.3 Å². The van der Waals surface area contributed by atoms with Crippen LogP contribution in [0.15, 0.2) is 18.2 Å². The van der Waals surface area contributed by atoms with Crippen molar-refractivity contribution in [3.63, 3.8) is 0 Å². The monoisotopic (exact) mass is 849 g/mol. The Morgan fingerprint density at radius 3 is 2.38 bits per heavy atom. The van der Waals surface area contributed by atoms with Crippen LogP contribution in [0.5, 0.6) is 5.75 Å². The molecule has 10 unspecified atom stereocenters. The molecule has 18 nitrogen and oxygen atoms in total. The smallest absolute Gasteiger partial charge is 0.335 e. The fraction of sp³-hybridized carbons (Fsp3) is 0.738. The van der Waals surface area contributed by atoms with E-state index in [9.17, 15) is 54.6 Å². The van der Waals surface area contributed by atoms with E-state index >= 15 is 0 Å². The highest BCUT2D eigenvalue weighted by Crippen LogP contribution is 2.61. The molecule has 5 aliphatic rings. The fourth-order valence-electron chi connectivity index (χ4n) is 10.4. The zero-order chi connectivity index (χ0) is 43.6. The molecule has 0 spiro atoms. The third-order valence-corrected chi connectivity index (χ3v) is 13.5. The lowest BCUT2D eigenvalue weighted by molar-refractivity contribution is -0.327. The first-order chi connectivity index (χ1) is 28.4. The number of carbonyl (C=O) groups is 5. The fourth-order valence-corrected chi connectivity index (χ4v) is 10.4. The zero-order valence-electron chi connectivity index (χ0n) is 34.3. The van der Waals surface area contributed by atoms with Crippen LogP contribution in [0.3, 0.4) is 0 Å². The second kappa shape index (κ2) is 19.1. The molecule has 7 N–H and O–H groups in total. The predicted molar refractivity (Wildman–Crippen MR) is 205 cm³/mol. The van der Waals surface area contributed by atoms with Crippen LogP contribution in [0, 0.1) is 17.3 Å². The van der Waals surface area contributed by atoms with Crippen LogP contribution in [-0.2, 0) is 58.8 Å². The normalized spacial score (nSPS) is 38.4. The summed E-state index contributed by atoms with van der Waals surface area (Å²) in [5.74, 6) is -2.47. The number of ether oxygens (including phenoxy) is 6. The average Bonchev–Trinajstić information content (AvgIpc) is 3.45. The van der Waals surface area contributed by atoms with Crippen molar-refractivity contribution in [2.75, 3.05) is 13.7 Å². The van der Waals surface area contributed by atoms with Gasteiger partial charge in [0.1, 0.15) is 60.9 Å². The Bertz CT molecular complexity index is 1740. The van der Waals surface area contributed by atoms with Crippen molar-refractivity contribution in [3.8, 4) is 5.75 Å². The predicted octanol–water partition coefficient (Wildman–Crippen LogP) is 0.778. The van der Waals surface area contributed by atoms with Gasteiger partial charge in [0, 0.05) is 38.7 Å². The molecule has 2 aliphatic heterocycles. The standard InChI is InChI=1S/C42H59NO17/c1-19-32(43-20(2)44)36(59-41-35(51)34(50)37(55-4)38(60-41)40(53)54)33(49)29(57-19)18-56-30(47)7-5-6-22(45)10-13-31(48)58-28-17-27-26-11-8-21-16-23(46)9-12-24(21)25(26)14-15-42(27,3)39(28)52/h9,12,16,19,25-29,32-39,41,46,49-52H,5-8,10-11,13-15,17-18H2,1-4H3,(H,43,44)(H,53,54)/t19?,25-,26-,27+,28-,29?,32?,33?,34?,35?,36?,37?,38?,39+,41?,42+/m1/s1. The minimum Gasteiger partial charge on any atom is -0.508 e. The van der Waals surface area contributed by atoms with E-state index in [1.54, 1.807) is 13.0 Å². The number of hydrogen-bond donors (Lipinski definition) is 7. The number of aryl methyl sites for hydroxylation is 1. The van der Waals surface area contributed by atoms with Gasteiger partial charge in [0.15, 0.2) is 12.4 Å². The molecule has 2 saturated heterocycles. The van der Waals surface area contributed by atoms with Gasteiger partial charge in [-0.1, -0.05) is 13.0 Å². The summed E-state index contributed by atoms with van der Waals surface area (Å²) in [6.07, 6.45) is -11.4. The van der Waals surface area contributed by atoms with Gasteiger partial charge in [-0.3, -0.25) is 19.2 Å². The number of ketones is 1. The number of esters is 2. The summed E-state index contributed by atoms with van der Waals surface area (Å²) in [7, 11) is 1.13. The van der Waals surface area contributed by atoms with Crippen LogP contribution in [0.4, 0.5) is 0 Å². The van der Waals surface area contributed by atoms with E-state index in [4.69, 9.17) is 28.4 Å². The molecule has 6 rings (SSSR count). The van der Waals surface area contributed by atoms with Gasteiger partial charge < -0.3 is 64.4 Å². The Morgan fingerprint density at radius 1 is 0.933 bits per heavy atom. The third-order valence-electron chi connectivity index (χ3n) is 13.5. The molecule has 16 atom stereocenters. The number of aliphatic carboxylic acids is 1. The summed E-state index contributed by atoms with van der Waals surface area (Å²) < 4.78 is 33.2. The topological polar surface area (TPSA) is 274 Å². The summed E-state index contributed by atoms with van der Waals surface area (Å²) in [4.78, 5) is 62.1. The number of carboxylic acid groups (broad SMARTS) is 1. The molecule has 0 bridgehead atoms. The number of aliphatic hydroxyl groups excluding tert-OH is 4. The van der Waals surface area contributed by atoms with Crippen molar-refractivity contribution < 1.29 is 83.0 Å². The molecule has 2 heterocycles. The van der Waals surface area contributed by atoms with Gasteiger partial charge in [-0.05, 0) is 86.5 Å². The van der Waals surface area contributed by atoms with Crippen molar-refractivity contribution >= 4 is 29.6 Å². The van der Waals surface area contributed by atoms with E-state index in [2.05, 4.69) is 12.2 Å². The number of hydrogen-bond acceptors (Lipinski definition) is 16. The number of rotatable bonds is 15. The number of amides is 1. The number of carboxylic acids is 1. The van der Waals surface area contributed by atoms with Crippen LogP contribution in [0.25, 0.3) is 0 Å². The molecule has 1 aromatic carbocycles. The van der Waals surface area contributed by atoms with Gasteiger partial charge in [0.2, 0.25) is 5.91 Å². The van der Waals surface area contributed by atoms with Crippen LogP contribution in [-0.4, -0.2) is 147 Å². The first-order valence-electron chi connectivity index (χ1n) is 20.8. The first kappa shape index (κ1) is 45.8. The third kappa shape index (κ3) is 9.65. The van der Waals surface area contributed by atoms with E-state index in [0.717, 1.165) is 32.8 Å². The quantitative estimate of drug-likeness (QED) is 0.120. The van der Waals surface area contributed by atoms with Crippen LogP contribution in [0.1, 0.15) is 95.6 Å². The maximum atomic E-state index is 12.9. The van der Waals surface area contributed by atoms with Gasteiger partial charge in [0.05, 0.1) is 24.7 Å². The second-order valence-corrected chi connectivity index (χ2v) is 17.3. The number of benzene rings is 1. The SMILES string of the molecule is COC1C(C(=O)O)OC(OC2C(O)C(COC(=O)CCCC(=O)CCC(=O)O[C@@H]3C[C@H]4[C@@H]5CCc6cc(O)ccc6[C@H]5CC[C@]4(C)[C@H]3O)OC(C)C2NC(C)=O)C(O)C1O. The summed E-state index contributed by atoms with van der Waals surface area (Å²) in [5, 5.41) is 66.1. The highest BCUT2D eigenvalue weighted by atomic mass is 16.7. The Morgan fingerprint density at radius 2 is 1.68 bits per heavy atom. The number of aliphatic hydroxyl groups is 4. The van der Waals surface area contributed by atoms with Crippen molar-refractivity contribution in [2.45, 2.75) is 164 Å². The lowest BCUT2D eigenvalue weighted by atomic mass is 9.55. The maximum absolute atomic E-state index is 12.9. The highest BCUT2D eigenvalue weighted by Gasteiger charge is 2.59. The molecule has 0 aromatic heterocycles. The first-order valence-corrected chi connectivity index (χ1v) is 20.8. The molecule has 3 aliphatic carbocycles. The minimum absolute atomic E-state index is 0.0123. The van der Waals surface area contributed by atoms with Gasteiger partial charge in [-0.2, -0.15) is 0 Å². The summed E-state index contributed by atoms with van der Waals surface area (Å²) in [6, 6.07) is 4.54. The number of nitrogens with one attached hydrogen (secondary N) is 1. The molecule has 60 heavy (non-hydrogen) atoms. The number of carbonyl (C=O) groups excluding carboxylic acids is 4. The van der Waals surface area contributed by atoms with E-state index in [-0.39, 0.29) is 49.6 Å². The summed E-state index contributed by atoms with van der Waals surface area (Å²) >= 11 is 0. The minimum atomic E-state index is -1.81. The van der Waals surface area contributed by atoms with Crippen LogP contribution >= 0.6 is 0 Å². The Balaban J connectivity index is 0.936. The van der Waals surface area contributed by atoms with Gasteiger partial charge in [0.25, 0.3) is 0 Å². The molecule has 0 radical (unpaired) electrons. The summed E-state index contributed by atoms with van der Waals surface area (Å²) in [6.45, 7) is 4.37. The average molecular weight is 850 g/mol. The van der Waals surface area contributed by atoms with E-state index in [1.165, 1.54) is 18.1 Å². The Labute approximate surface area is 347 Å². The molecular weight excluding hydrogens is 790 g/mol. The van der Waals surface area contributed by atoms with Crippen molar-refractivity contribution in [1.29, 1.82) is 0 Å². The lowest BCUT2D eigenvalue weighted by Crippen LogP contribution is -2.67. The number of phenols is 1. The van der Waals surface area contributed by atoms with Gasteiger partial charge in [-0.15, -0.1) is 0 Å². The molecule has 4 fully saturated rings. The van der Waals surface area contributed by atoms with E-state index in [1.807, 2.05) is 12.1 Å². The molecular formula is C42H59NO17. The van der Waals surface area contributed by atoms with Crippen LogP contribution in [0.2, 0.25) is 0 Å². The van der Waals surface area contributed by atoms with E-state index < -0.39 is 109 Å². The number of phenolic OH excluding ortho intramolecular Hbond substituents is 1. The molecule has 334 valence electrons. The lowest BCUT2D eigenvalue weighted by Gasteiger charge is -2.49. The number of aromatic hydroxyl groups is 1. The van der Waals surface area contributed by atoms with Crippen molar-refractivity contribution in [1.82, 2.24) is 5.32 Å². The summed E-state index contributed by atoms with van der Waals surface area (Å²) in [5.41, 5.74) is 2.03. The largest absolute Gasteiger partial charge is 0.508 e. The Kier molecular flexibility index (Phi) is 14.6. The van der Waals surface area contributed by atoms with Gasteiger partial charge >= 0.3 is 17.9 Å². The van der Waals surface area contributed by atoms with Crippen LogP contribution < -0.4 is 5.32 Å². The maximum Gasteiger partial charge on any atom is 0.335 e. The molecule has 1 aromatic rings. The zero-order valence-corrected chi connectivity index (χ0v) is 34.3. The van der Waals surface area contributed by atoms with Crippen molar-refractivity contribution in [3.05, 3.63) is 29.3 Å². The number of methoxy groups -OCH3 is 1. The molecule has 18 heteroatoms. The number of Topliss-reactive ketones (excluding diaryl/α,β-unsaturated/α-hetero) is 1.